The van der Waals surface area contributed by atoms with Crippen LogP contribution in [0.1, 0.15) is 51.9 Å². The molecule has 0 aromatic rings. The molecule has 1 heterocycles. The highest BCUT2D eigenvalue weighted by Gasteiger charge is 2.48. The number of carbonyl (C=O) groups excluding carboxylic acids is 2. The molecule has 6 heteroatoms. The van der Waals surface area contributed by atoms with Crippen LogP contribution in [0.3, 0.4) is 0 Å². The van der Waals surface area contributed by atoms with E-state index in [4.69, 9.17) is 0 Å². The van der Waals surface area contributed by atoms with E-state index in [0.717, 1.165) is 38.5 Å². The summed E-state index contributed by atoms with van der Waals surface area (Å²) in [6.45, 7) is 3.01. The van der Waals surface area contributed by atoms with Crippen LogP contribution in [0.5, 0.6) is 0 Å². The maximum absolute atomic E-state index is 12.8. The minimum absolute atomic E-state index is 0.292. The van der Waals surface area contributed by atoms with Gasteiger partial charge in [0, 0.05) is 13.1 Å². The molecule has 2 bridgehead atoms. The lowest BCUT2D eigenvalue weighted by Crippen LogP contribution is -2.41. The van der Waals surface area contributed by atoms with Gasteiger partial charge in [-0.2, -0.15) is 0 Å². The number of hydrogen-bond acceptors (Lipinski definition) is 3. The molecule has 2 aliphatic carbocycles. The second-order valence-corrected chi connectivity index (χ2v) is 7.64. The minimum atomic E-state index is -1.03. The Labute approximate surface area is 148 Å². The number of unbranched alkanes of at least 4 members (excludes halogenated alkanes) is 3. The van der Waals surface area contributed by atoms with Crippen molar-refractivity contribution in [3.63, 3.8) is 0 Å². The van der Waals surface area contributed by atoms with Crippen molar-refractivity contribution in [2.45, 2.75) is 57.9 Å². The van der Waals surface area contributed by atoms with Crippen LogP contribution in [0.2, 0.25) is 0 Å². The van der Waals surface area contributed by atoms with Gasteiger partial charge in [0.2, 0.25) is 0 Å². The summed E-state index contributed by atoms with van der Waals surface area (Å²) >= 11 is 0. The van der Waals surface area contributed by atoms with Crippen molar-refractivity contribution in [1.29, 1.82) is 0 Å². The third-order valence-corrected chi connectivity index (χ3v) is 5.85. The quantitative estimate of drug-likeness (QED) is 0.395. The van der Waals surface area contributed by atoms with Crippen molar-refractivity contribution in [3.8, 4) is 0 Å². The molecule has 6 nitrogen and oxygen atoms in total. The fraction of sp³-hybridized carbons (Fsp3) is 0.737. The summed E-state index contributed by atoms with van der Waals surface area (Å²) in [5, 5.41) is 9.17. The summed E-state index contributed by atoms with van der Waals surface area (Å²) in [5.74, 6) is 0.0472. The van der Waals surface area contributed by atoms with Crippen molar-refractivity contribution >= 4 is 17.9 Å². The SMILES string of the molecule is CCCCCCN1C(=O)[C@H](CC(=O)O)N(CC2CC3C=CC2C3)C1=O. The normalized spacial score (nSPS) is 30.8. The zero-order valence-corrected chi connectivity index (χ0v) is 14.9. The Bertz CT molecular complexity index is 574. The molecule has 3 aliphatic rings. The van der Waals surface area contributed by atoms with Crippen molar-refractivity contribution in [1.82, 2.24) is 9.80 Å². The van der Waals surface area contributed by atoms with E-state index in [1.54, 1.807) is 0 Å². The lowest BCUT2D eigenvalue weighted by molar-refractivity contribution is -0.141. The fourth-order valence-corrected chi connectivity index (χ4v) is 4.52. The highest BCUT2D eigenvalue weighted by atomic mass is 16.4. The molecule has 3 rings (SSSR count). The van der Waals surface area contributed by atoms with E-state index < -0.39 is 12.0 Å². The van der Waals surface area contributed by atoms with Gasteiger partial charge in [0.15, 0.2) is 0 Å². The Hall–Kier alpha value is -1.85. The van der Waals surface area contributed by atoms with Gasteiger partial charge in [0.25, 0.3) is 5.91 Å². The van der Waals surface area contributed by atoms with E-state index in [9.17, 15) is 19.5 Å². The number of carbonyl (C=O) groups is 3. The zero-order valence-electron chi connectivity index (χ0n) is 14.9. The smallest absolute Gasteiger partial charge is 0.327 e. The van der Waals surface area contributed by atoms with Crippen molar-refractivity contribution < 1.29 is 19.5 Å². The Morgan fingerprint density at radius 3 is 2.60 bits per heavy atom. The third kappa shape index (κ3) is 3.72. The molecule has 25 heavy (non-hydrogen) atoms. The Morgan fingerprint density at radius 2 is 2.00 bits per heavy atom. The number of rotatable bonds is 9. The lowest BCUT2D eigenvalue weighted by Gasteiger charge is -2.27. The highest BCUT2D eigenvalue weighted by Crippen LogP contribution is 2.44. The number of nitrogens with zero attached hydrogens (tertiary/aromatic N) is 2. The van der Waals surface area contributed by atoms with Gasteiger partial charge in [0.1, 0.15) is 6.04 Å². The molecule has 4 atom stereocenters. The van der Waals surface area contributed by atoms with Crippen molar-refractivity contribution in [3.05, 3.63) is 12.2 Å². The number of allylic oxidation sites excluding steroid dienone is 2. The van der Waals surface area contributed by atoms with Gasteiger partial charge in [0.05, 0.1) is 6.42 Å². The van der Waals surface area contributed by atoms with Crippen LogP contribution in [0.15, 0.2) is 12.2 Å². The van der Waals surface area contributed by atoms with Gasteiger partial charge in [-0.25, -0.2) is 4.79 Å². The Balaban J connectivity index is 1.67. The first-order chi connectivity index (χ1) is 12.0. The molecule has 1 aliphatic heterocycles. The minimum Gasteiger partial charge on any atom is -0.481 e. The second kappa shape index (κ2) is 7.58. The van der Waals surface area contributed by atoms with E-state index in [0.29, 0.717) is 30.8 Å². The molecule has 138 valence electrons. The van der Waals surface area contributed by atoms with Crippen molar-refractivity contribution in [2.75, 3.05) is 13.1 Å². The maximum Gasteiger partial charge on any atom is 0.327 e. The maximum atomic E-state index is 12.8. The third-order valence-electron chi connectivity index (χ3n) is 5.85. The summed E-state index contributed by atoms with van der Waals surface area (Å²) in [7, 11) is 0. The summed E-state index contributed by atoms with van der Waals surface area (Å²) in [6.07, 6.45) is 10.3. The van der Waals surface area contributed by atoms with Gasteiger partial charge in [-0.3, -0.25) is 14.5 Å². The van der Waals surface area contributed by atoms with Crippen LogP contribution in [0.4, 0.5) is 4.79 Å². The molecule has 0 radical (unpaired) electrons. The molecule has 1 N–H and O–H groups in total. The van der Waals surface area contributed by atoms with Gasteiger partial charge < -0.3 is 10.0 Å². The van der Waals surface area contributed by atoms with Crippen LogP contribution in [0, 0.1) is 17.8 Å². The van der Waals surface area contributed by atoms with Gasteiger partial charge >= 0.3 is 12.0 Å². The van der Waals surface area contributed by atoms with Crippen LogP contribution < -0.4 is 0 Å². The molecular formula is C19H28N2O4. The van der Waals surface area contributed by atoms with E-state index in [1.165, 1.54) is 9.80 Å². The number of imide groups is 1. The number of urea groups is 1. The summed E-state index contributed by atoms with van der Waals surface area (Å²) in [5.41, 5.74) is 0. The number of fused-ring (bicyclic) bond motifs is 2. The number of amides is 3. The second-order valence-electron chi connectivity index (χ2n) is 7.64. The van der Waals surface area contributed by atoms with Crippen molar-refractivity contribution in [2.24, 2.45) is 17.8 Å². The predicted octanol–water partition coefficient (Wildman–Crippen LogP) is 2.89. The first-order valence-corrected chi connectivity index (χ1v) is 9.53. The van der Waals surface area contributed by atoms with Crippen LogP contribution in [-0.2, 0) is 9.59 Å². The number of hydrogen-bond donors (Lipinski definition) is 1. The Morgan fingerprint density at radius 1 is 1.20 bits per heavy atom. The molecule has 1 saturated carbocycles. The molecule has 0 aromatic heterocycles. The van der Waals surface area contributed by atoms with Gasteiger partial charge in [-0.15, -0.1) is 0 Å². The average molecular weight is 348 g/mol. The number of carboxylic acid groups (broad SMARTS) is 1. The van der Waals surface area contributed by atoms with Crippen LogP contribution >= 0.6 is 0 Å². The number of carboxylic acids is 1. The summed E-state index contributed by atoms with van der Waals surface area (Å²) in [6, 6.07) is -1.13. The van der Waals surface area contributed by atoms with E-state index in [2.05, 4.69) is 19.1 Å². The standard InChI is InChI=1S/C19H28N2O4/c1-2-3-4-5-8-20-18(24)16(11-17(22)23)21(19(20)25)12-15-10-13-6-7-14(15)9-13/h6-7,13-16H,2-5,8-12H2,1H3,(H,22,23)/t13?,14?,15?,16-/m0/s1. The zero-order chi connectivity index (χ0) is 18.0. The lowest BCUT2D eigenvalue weighted by atomic mass is 9.92. The molecule has 0 spiro atoms. The number of aliphatic carboxylic acids is 1. The molecule has 3 amide bonds. The average Bonchev–Trinajstić information content (AvgIpc) is 3.24. The molecule has 0 aromatic carbocycles. The Kier molecular flexibility index (Phi) is 5.45. The summed E-state index contributed by atoms with van der Waals surface area (Å²) in [4.78, 5) is 39.5. The van der Waals surface area contributed by atoms with Crippen LogP contribution in [-0.4, -0.2) is 51.9 Å². The molecule has 3 unspecified atom stereocenters. The summed E-state index contributed by atoms with van der Waals surface area (Å²) < 4.78 is 0. The topological polar surface area (TPSA) is 77.9 Å². The molecular weight excluding hydrogens is 320 g/mol. The van der Waals surface area contributed by atoms with E-state index >= 15 is 0 Å². The largest absolute Gasteiger partial charge is 0.481 e. The predicted molar refractivity (Wildman–Crippen MR) is 92.8 cm³/mol. The fourth-order valence-electron chi connectivity index (χ4n) is 4.52. The highest BCUT2D eigenvalue weighted by molar-refractivity contribution is 6.05. The first kappa shape index (κ1) is 18.0. The molecule has 2 fully saturated rings. The molecule has 1 saturated heterocycles. The van der Waals surface area contributed by atoms with Gasteiger partial charge in [-0.05, 0) is 37.0 Å². The van der Waals surface area contributed by atoms with E-state index in [-0.39, 0.29) is 18.4 Å². The first-order valence-electron chi connectivity index (χ1n) is 9.53. The van der Waals surface area contributed by atoms with Gasteiger partial charge in [-0.1, -0.05) is 38.3 Å². The monoisotopic (exact) mass is 348 g/mol. The van der Waals surface area contributed by atoms with Crippen LogP contribution in [0.25, 0.3) is 0 Å². The van der Waals surface area contributed by atoms with E-state index in [1.807, 2.05) is 0 Å².